The van der Waals surface area contributed by atoms with E-state index in [-0.39, 0.29) is 37.2 Å². The predicted octanol–water partition coefficient (Wildman–Crippen LogP) is 2.56. The summed E-state index contributed by atoms with van der Waals surface area (Å²) in [5, 5.41) is 6.57. The maximum atomic E-state index is 12.5. The molecule has 0 fully saturated rings. The van der Waals surface area contributed by atoms with Gasteiger partial charge in [-0.3, -0.25) is 0 Å². The van der Waals surface area contributed by atoms with Crippen molar-refractivity contribution in [3.05, 3.63) is 64.7 Å². The number of sulfonamides is 1. The zero-order valence-electron chi connectivity index (χ0n) is 17.4. The van der Waals surface area contributed by atoms with Crippen LogP contribution >= 0.6 is 37.2 Å². The van der Waals surface area contributed by atoms with Gasteiger partial charge in [0.05, 0.1) is 4.90 Å². The van der Waals surface area contributed by atoms with E-state index >= 15 is 0 Å². The Labute approximate surface area is 204 Å². The quantitative estimate of drug-likeness (QED) is 0.368. The van der Waals surface area contributed by atoms with E-state index < -0.39 is 10.0 Å². The van der Waals surface area contributed by atoms with Crippen molar-refractivity contribution in [1.29, 1.82) is 0 Å². The summed E-state index contributed by atoms with van der Waals surface area (Å²) >= 11 is 0. The van der Waals surface area contributed by atoms with Crippen LogP contribution in [-0.2, 0) is 36.0 Å². The first kappa shape index (κ1) is 30.1. The molecule has 31 heavy (non-hydrogen) atoms. The van der Waals surface area contributed by atoms with Gasteiger partial charge in [0, 0.05) is 26.2 Å². The number of halogens is 3. The van der Waals surface area contributed by atoms with E-state index in [1.54, 1.807) is 12.1 Å². The lowest BCUT2D eigenvalue weighted by molar-refractivity contribution is 0.573. The minimum Gasteiger partial charge on any atom is -0.326 e. The van der Waals surface area contributed by atoms with E-state index in [1.165, 1.54) is 11.1 Å². The van der Waals surface area contributed by atoms with Crippen molar-refractivity contribution in [2.45, 2.75) is 37.2 Å². The number of aryl methyl sites for hydroxylation is 1. The molecule has 2 aromatic carbocycles. The number of hydrogen-bond acceptors (Lipinski definition) is 5. The molecule has 0 radical (unpaired) electrons. The van der Waals surface area contributed by atoms with Gasteiger partial charge in [0.2, 0.25) is 10.0 Å². The van der Waals surface area contributed by atoms with Crippen molar-refractivity contribution in [3.8, 4) is 0 Å². The molecular formula is C21H33Cl3N4O2S. The third kappa shape index (κ3) is 9.24. The number of benzene rings is 2. The van der Waals surface area contributed by atoms with Gasteiger partial charge in [0.15, 0.2) is 0 Å². The van der Waals surface area contributed by atoms with Crippen LogP contribution < -0.4 is 21.1 Å². The van der Waals surface area contributed by atoms with Crippen molar-refractivity contribution in [2.24, 2.45) is 5.73 Å². The summed E-state index contributed by atoms with van der Waals surface area (Å²) < 4.78 is 27.6. The van der Waals surface area contributed by atoms with E-state index in [2.05, 4.69) is 39.6 Å². The van der Waals surface area contributed by atoms with Crippen molar-refractivity contribution in [1.82, 2.24) is 15.4 Å². The molecule has 0 aromatic heterocycles. The molecule has 1 heterocycles. The highest BCUT2D eigenvalue weighted by molar-refractivity contribution is 7.89. The van der Waals surface area contributed by atoms with Gasteiger partial charge in [0.1, 0.15) is 0 Å². The molecule has 0 bridgehead atoms. The fourth-order valence-electron chi connectivity index (χ4n) is 3.37. The molecule has 0 atom stereocenters. The summed E-state index contributed by atoms with van der Waals surface area (Å²) in [4.78, 5) is 0.343. The smallest absolute Gasteiger partial charge is 0.240 e. The largest absolute Gasteiger partial charge is 0.326 e. The first-order valence-electron chi connectivity index (χ1n) is 9.89. The molecule has 0 unspecified atom stereocenters. The van der Waals surface area contributed by atoms with Crippen molar-refractivity contribution >= 4 is 47.2 Å². The van der Waals surface area contributed by atoms with Crippen LogP contribution in [0.5, 0.6) is 0 Å². The molecule has 0 spiro atoms. The topological polar surface area (TPSA) is 96.2 Å². The number of hydrogen-bond donors (Lipinski definition) is 4. The van der Waals surface area contributed by atoms with Crippen LogP contribution in [0.3, 0.4) is 0 Å². The van der Waals surface area contributed by atoms with Gasteiger partial charge in [-0.05, 0) is 66.7 Å². The molecule has 10 heteroatoms. The standard InChI is InChI=1S/C21H30N4O2S.3ClH/c22-15-18-5-3-17(4-6-18)2-1-10-23-12-13-25-28(26,27)21-8-7-19-9-11-24-16-20(19)14-21;;;/h3-8,14,23-25H,1-2,9-13,15-16,22H2;3*1H. The maximum absolute atomic E-state index is 12.5. The van der Waals surface area contributed by atoms with Crippen LogP contribution in [0.2, 0.25) is 0 Å². The van der Waals surface area contributed by atoms with Crippen molar-refractivity contribution in [3.63, 3.8) is 0 Å². The average molecular weight is 512 g/mol. The molecule has 0 amide bonds. The molecule has 0 aliphatic carbocycles. The van der Waals surface area contributed by atoms with Crippen LogP contribution in [-0.4, -0.2) is 34.6 Å². The SMILES string of the molecule is Cl.Cl.Cl.NCc1ccc(CCCNCCNS(=O)(=O)c2ccc3c(c2)CNCC3)cc1. The Bertz CT molecular complexity index is 881. The monoisotopic (exact) mass is 510 g/mol. The lowest BCUT2D eigenvalue weighted by Gasteiger charge is -2.18. The molecule has 5 N–H and O–H groups in total. The Morgan fingerprint density at radius 1 is 0.903 bits per heavy atom. The Morgan fingerprint density at radius 3 is 2.32 bits per heavy atom. The van der Waals surface area contributed by atoms with E-state index in [4.69, 9.17) is 5.73 Å². The van der Waals surface area contributed by atoms with E-state index in [1.807, 2.05) is 6.07 Å². The highest BCUT2D eigenvalue weighted by Gasteiger charge is 2.16. The van der Waals surface area contributed by atoms with Gasteiger partial charge in [-0.15, -0.1) is 37.2 Å². The van der Waals surface area contributed by atoms with Gasteiger partial charge in [-0.2, -0.15) is 0 Å². The van der Waals surface area contributed by atoms with E-state index in [0.29, 0.717) is 24.5 Å². The lowest BCUT2D eigenvalue weighted by atomic mass is 10.0. The summed E-state index contributed by atoms with van der Waals surface area (Å²) in [5.74, 6) is 0. The highest BCUT2D eigenvalue weighted by atomic mass is 35.5. The number of nitrogens with one attached hydrogen (secondary N) is 3. The third-order valence-corrected chi connectivity index (χ3v) is 6.50. The molecule has 0 saturated carbocycles. The Morgan fingerprint density at radius 2 is 1.61 bits per heavy atom. The van der Waals surface area contributed by atoms with Crippen LogP contribution in [0.4, 0.5) is 0 Å². The van der Waals surface area contributed by atoms with Crippen LogP contribution in [0.25, 0.3) is 0 Å². The second kappa shape index (κ2) is 15.0. The molecule has 2 aromatic rings. The first-order valence-corrected chi connectivity index (χ1v) is 11.4. The average Bonchev–Trinajstić information content (AvgIpc) is 2.73. The summed E-state index contributed by atoms with van der Waals surface area (Å²) in [6, 6.07) is 13.8. The zero-order valence-corrected chi connectivity index (χ0v) is 20.7. The minimum absolute atomic E-state index is 0. The number of fused-ring (bicyclic) bond motifs is 1. The number of nitrogens with two attached hydrogens (primary N) is 1. The van der Waals surface area contributed by atoms with Crippen molar-refractivity contribution < 1.29 is 8.42 Å². The molecular weight excluding hydrogens is 479 g/mol. The maximum Gasteiger partial charge on any atom is 0.240 e. The van der Waals surface area contributed by atoms with E-state index in [0.717, 1.165) is 50.0 Å². The summed E-state index contributed by atoms with van der Waals surface area (Å²) in [6.45, 7) is 4.09. The fourth-order valence-corrected chi connectivity index (χ4v) is 4.45. The van der Waals surface area contributed by atoms with Crippen LogP contribution in [0.15, 0.2) is 47.4 Å². The fraction of sp³-hybridized carbons (Fsp3) is 0.429. The van der Waals surface area contributed by atoms with Crippen LogP contribution in [0, 0.1) is 0 Å². The second-order valence-corrected chi connectivity index (χ2v) is 8.90. The molecule has 0 saturated heterocycles. The first-order chi connectivity index (χ1) is 13.6. The summed E-state index contributed by atoms with van der Waals surface area (Å²) in [6.07, 6.45) is 2.95. The Kier molecular flexibility index (Phi) is 14.6. The molecule has 1 aliphatic rings. The highest BCUT2D eigenvalue weighted by Crippen LogP contribution is 2.18. The van der Waals surface area contributed by atoms with Gasteiger partial charge >= 0.3 is 0 Å². The minimum atomic E-state index is -3.46. The number of rotatable bonds is 10. The summed E-state index contributed by atoms with van der Waals surface area (Å²) in [5.41, 5.74) is 10.3. The zero-order chi connectivity index (χ0) is 19.8. The second-order valence-electron chi connectivity index (χ2n) is 7.13. The molecule has 176 valence electrons. The molecule has 3 rings (SSSR count). The normalized spacial score (nSPS) is 12.7. The van der Waals surface area contributed by atoms with Gasteiger partial charge in [-0.25, -0.2) is 13.1 Å². The Balaban J connectivity index is 0.00000300. The van der Waals surface area contributed by atoms with Crippen molar-refractivity contribution in [2.75, 3.05) is 26.2 Å². The summed E-state index contributed by atoms with van der Waals surface area (Å²) in [7, 11) is -3.46. The van der Waals surface area contributed by atoms with Gasteiger partial charge in [-0.1, -0.05) is 30.3 Å². The van der Waals surface area contributed by atoms with Crippen LogP contribution in [0.1, 0.15) is 28.7 Å². The van der Waals surface area contributed by atoms with Gasteiger partial charge < -0.3 is 16.4 Å². The van der Waals surface area contributed by atoms with E-state index in [9.17, 15) is 8.42 Å². The molecule has 1 aliphatic heterocycles. The molecule has 6 nitrogen and oxygen atoms in total. The third-order valence-electron chi connectivity index (χ3n) is 5.05. The predicted molar refractivity (Wildman–Crippen MR) is 134 cm³/mol. The van der Waals surface area contributed by atoms with Gasteiger partial charge in [0.25, 0.3) is 0 Å². The Hall–Kier alpha value is -0.900. The lowest BCUT2D eigenvalue weighted by Crippen LogP contribution is -2.32.